The van der Waals surface area contributed by atoms with Crippen LogP contribution in [0.3, 0.4) is 0 Å². The minimum absolute atomic E-state index is 0.0105. The molecule has 1 aromatic heterocycles. The predicted molar refractivity (Wildman–Crippen MR) is 80.6 cm³/mol. The minimum Gasteiger partial charge on any atom is -0.384 e. The summed E-state index contributed by atoms with van der Waals surface area (Å²) < 4.78 is 0. The highest BCUT2D eigenvalue weighted by molar-refractivity contribution is 6.30. The maximum atomic E-state index is 11.7. The maximum Gasteiger partial charge on any atom is 0.222 e. The fourth-order valence-electron chi connectivity index (χ4n) is 1.71. The maximum absolute atomic E-state index is 11.7. The molecule has 0 aliphatic heterocycles. The van der Waals surface area contributed by atoms with Gasteiger partial charge in [-0.3, -0.25) is 9.78 Å². The zero-order chi connectivity index (χ0) is 14.2. The zero-order valence-corrected chi connectivity index (χ0v) is 11.7. The van der Waals surface area contributed by atoms with E-state index in [0.717, 1.165) is 11.3 Å². The molecular formula is C15H16ClN3O. The molecule has 0 radical (unpaired) electrons. The summed E-state index contributed by atoms with van der Waals surface area (Å²) in [4.78, 5) is 15.6. The molecular weight excluding hydrogens is 274 g/mol. The lowest BCUT2D eigenvalue weighted by atomic mass is 10.2. The number of amides is 1. The van der Waals surface area contributed by atoms with Crippen molar-refractivity contribution in [2.45, 2.75) is 13.0 Å². The molecule has 0 spiro atoms. The van der Waals surface area contributed by atoms with Crippen LogP contribution in [0.1, 0.15) is 12.0 Å². The minimum atomic E-state index is 0.0105. The van der Waals surface area contributed by atoms with Crippen LogP contribution >= 0.6 is 11.6 Å². The number of hydrogen-bond donors (Lipinski definition) is 2. The van der Waals surface area contributed by atoms with E-state index in [1.165, 1.54) is 0 Å². The summed E-state index contributed by atoms with van der Waals surface area (Å²) in [5.41, 5.74) is 1.95. The Morgan fingerprint density at radius 3 is 2.75 bits per heavy atom. The molecule has 0 bridgehead atoms. The average molecular weight is 290 g/mol. The second-order valence-corrected chi connectivity index (χ2v) is 4.76. The Bertz CT molecular complexity index is 560. The summed E-state index contributed by atoms with van der Waals surface area (Å²) in [6.45, 7) is 1.10. The third-order valence-electron chi connectivity index (χ3n) is 2.74. The topological polar surface area (TPSA) is 54.0 Å². The Morgan fingerprint density at radius 2 is 2.00 bits per heavy atom. The Morgan fingerprint density at radius 1 is 1.20 bits per heavy atom. The highest BCUT2D eigenvalue weighted by Gasteiger charge is 2.01. The molecule has 2 N–H and O–H groups in total. The number of pyridine rings is 1. The van der Waals surface area contributed by atoms with Gasteiger partial charge in [0.15, 0.2) is 0 Å². The van der Waals surface area contributed by atoms with E-state index in [9.17, 15) is 4.79 Å². The standard InChI is InChI=1S/C15H16ClN3O/c16-13-2-1-3-14(10-13)18-9-6-15(20)19-11-12-4-7-17-8-5-12/h1-5,7-8,10,18H,6,9,11H2,(H,19,20). The number of nitrogens with one attached hydrogen (secondary N) is 2. The van der Waals surface area contributed by atoms with E-state index in [1.807, 2.05) is 36.4 Å². The van der Waals surface area contributed by atoms with E-state index in [2.05, 4.69) is 15.6 Å². The molecule has 0 aliphatic rings. The van der Waals surface area contributed by atoms with Crippen molar-refractivity contribution in [3.05, 3.63) is 59.4 Å². The lowest BCUT2D eigenvalue weighted by Crippen LogP contribution is -2.24. The summed E-state index contributed by atoms with van der Waals surface area (Å²) in [5.74, 6) is 0.0105. The molecule has 0 aliphatic carbocycles. The van der Waals surface area contributed by atoms with E-state index < -0.39 is 0 Å². The molecule has 1 heterocycles. The van der Waals surface area contributed by atoms with Crippen molar-refractivity contribution in [3.63, 3.8) is 0 Å². The van der Waals surface area contributed by atoms with Crippen molar-refractivity contribution < 1.29 is 4.79 Å². The quantitative estimate of drug-likeness (QED) is 0.860. The van der Waals surface area contributed by atoms with Gasteiger partial charge >= 0.3 is 0 Å². The molecule has 20 heavy (non-hydrogen) atoms. The van der Waals surface area contributed by atoms with Crippen LogP contribution in [0.4, 0.5) is 5.69 Å². The normalized spacial score (nSPS) is 10.1. The number of anilines is 1. The number of benzene rings is 1. The first-order valence-electron chi connectivity index (χ1n) is 6.39. The highest BCUT2D eigenvalue weighted by atomic mass is 35.5. The van der Waals surface area contributed by atoms with Crippen molar-refractivity contribution in [2.24, 2.45) is 0 Å². The van der Waals surface area contributed by atoms with Crippen molar-refractivity contribution in [3.8, 4) is 0 Å². The predicted octanol–water partition coefficient (Wildman–Crippen LogP) is 2.85. The number of rotatable bonds is 6. The van der Waals surface area contributed by atoms with Gasteiger partial charge in [-0.15, -0.1) is 0 Å². The van der Waals surface area contributed by atoms with Crippen LogP contribution < -0.4 is 10.6 Å². The van der Waals surface area contributed by atoms with Gasteiger partial charge in [0.05, 0.1) is 0 Å². The second-order valence-electron chi connectivity index (χ2n) is 4.32. The molecule has 0 saturated heterocycles. The molecule has 5 heteroatoms. The van der Waals surface area contributed by atoms with Crippen LogP contribution in [0.15, 0.2) is 48.8 Å². The summed E-state index contributed by atoms with van der Waals surface area (Å²) in [6, 6.07) is 11.2. The van der Waals surface area contributed by atoms with Gasteiger partial charge in [-0.05, 0) is 35.9 Å². The smallest absolute Gasteiger partial charge is 0.222 e. The molecule has 0 fully saturated rings. The SMILES string of the molecule is O=C(CCNc1cccc(Cl)c1)NCc1ccncc1. The van der Waals surface area contributed by atoms with Crippen molar-refractivity contribution in [1.82, 2.24) is 10.3 Å². The second kappa shape index (κ2) is 7.50. The first-order chi connectivity index (χ1) is 9.74. The van der Waals surface area contributed by atoms with Crippen LogP contribution in [-0.4, -0.2) is 17.4 Å². The lowest BCUT2D eigenvalue weighted by Gasteiger charge is -2.07. The lowest BCUT2D eigenvalue weighted by molar-refractivity contribution is -0.121. The molecule has 0 unspecified atom stereocenters. The summed E-state index contributed by atoms with van der Waals surface area (Å²) in [5, 5.41) is 6.70. The van der Waals surface area contributed by atoms with Gasteiger partial charge in [-0.2, -0.15) is 0 Å². The molecule has 0 saturated carbocycles. The molecule has 1 amide bonds. The summed E-state index contributed by atoms with van der Waals surface area (Å²) in [7, 11) is 0. The Kier molecular flexibility index (Phi) is 5.38. The van der Waals surface area contributed by atoms with Crippen molar-refractivity contribution >= 4 is 23.2 Å². The van der Waals surface area contributed by atoms with E-state index in [-0.39, 0.29) is 5.91 Å². The number of aromatic nitrogens is 1. The van der Waals surface area contributed by atoms with Gasteiger partial charge < -0.3 is 10.6 Å². The van der Waals surface area contributed by atoms with Gasteiger partial charge in [0.2, 0.25) is 5.91 Å². The largest absolute Gasteiger partial charge is 0.384 e. The van der Waals surface area contributed by atoms with E-state index in [4.69, 9.17) is 11.6 Å². The fourth-order valence-corrected chi connectivity index (χ4v) is 1.90. The van der Waals surface area contributed by atoms with Crippen LogP contribution in [0, 0.1) is 0 Å². The van der Waals surface area contributed by atoms with E-state index in [1.54, 1.807) is 12.4 Å². The van der Waals surface area contributed by atoms with E-state index in [0.29, 0.717) is 24.5 Å². The number of carbonyl (C=O) groups excluding carboxylic acids is 1. The van der Waals surface area contributed by atoms with Gasteiger partial charge in [-0.1, -0.05) is 17.7 Å². The zero-order valence-electron chi connectivity index (χ0n) is 11.0. The van der Waals surface area contributed by atoms with Crippen LogP contribution in [-0.2, 0) is 11.3 Å². The van der Waals surface area contributed by atoms with Crippen molar-refractivity contribution in [2.75, 3.05) is 11.9 Å². The number of nitrogens with zero attached hydrogens (tertiary/aromatic N) is 1. The molecule has 104 valence electrons. The van der Waals surface area contributed by atoms with Gasteiger partial charge in [0.25, 0.3) is 0 Å². The summed E-state index contributed by atoms with van der Waals surface area (Å²) in [6.07, 6.45) is 3.84. The van der Waals surface area contributed by atoms with Gasteiger partial charge in [-0.25, -0.2) is 0 Å². The number of halogens is 1. The molecule has 4 nitrogen and oxygen atoms in total. The van der Waals surface area contributed by atoms with Crippen LogP contribution in [0.2, 0.25) is 5.02 Å². The number of hydrogen-bond acceptors (Lipinski definition) is 3. The summed E-state index contributed by atoms with van der Waals surface area (Å²) >= 11 is 5.88. The van der Waals surface area contributed by atoms with Crippen LogP contribution in [0.25, 0.3) is 0 Å². The molecule has 2 aromatic rings. The van der Waals surface area contributed by atoms with E-state index >= 15 is 0 Å². The molecule has 0 atom stereocenters. The first kappa shape index (κ1) is 14.3. The van der Waals surface area contributed by atoms with Gasteiger partial charge in [0.1, 0.15) is 0 Å². The third-order valence-corrected chi connectivity index (χ3v) is 2.98. The monoisotopic (exact) mass is 289 g/mol. The Labute approximate surface area is 123 Å². The van der Waals surface area contributed by atoms with Gasteiger partial charge in [0, 0.05) is 42.6 Å². The van der Waals surface area contributed by atoms with Crippen LogP contribution in [0.5, 0.6) is 0 Å². The molecule has 1 aromatic carbocycles. The van der Waals surface area contributed by atoms with Crippen molar-refractivity contribution in [1.29, 1.82) is 0 Å². The first-order valence-corrected chi connectivity index (χ1v) is 6.77. The Balaban J connectivity index is 1.68. The highest BCUT2D eigenvalue weighted by Crippen LogP contribution is 2.14. The Hall–Kier alpha value is -2.07. The average Bonchev–Trinajstić information content (AvgIpc) is 2.46. The number of carbonyl (C=O) groups is 1. The third kappa shape index (κ3) is 4.90. The fraction of sp³-hybridized carbons (Fsp3) is 0.200. The molecule has 2 rings (SSSR count).